The number of hydrogen-bond donors (Lipinski definition) is 1. The molecule has 0 radical (unpaired) electrons. The van der Waals surface area contributed by atoms with Crippen LogP contribution in [0.4, 0.5) is 0 Å². The summed E-state index contributed by atoms with van der Waals surface area (Å²) in [7, 11) is 0. The van der Waals surface area contributed by atoms with E-state index in [0.29, 0.717) is 0 Å². The first kappa shape index (κ1) is 14.4. The molecule has 2 heteroatoms. The Morgan fingerprint density at radius 1 is 1.14 bits per heavy atom. The minimum Gasteiger partial charge on any atom is -0.467 e. The van der Waals surface area contributed by atoms with Gasteiger partial charge in [-0.25, -0.2) is 0 Å². The van der Waals surface area contributed by atoms with Gasteiger partial charge in [-0.2, -0.15) is 0 Å². The van der Waals surface area contributed by atoms with Gasteiger partial charge in [0.05, 0.1) is 12.3 Å². The Bertz CT molecular complexity index is 520. The summed E-state index contributed by atoms with van der Waals surface area (Å²) in [5, 5.41) is 3.73. The van der Waals surface area contributed by atoms with Gasteiger partial charge < -0.3 is 9.73 Å². The summed E-state index contributed by atoms with van der Waals surface area (Å²) < 4.78 is 5.65. The number of hydrogen-bond acceptors (Lipinski definition) is 2. The van der Waals surface area contributed by atoms with Crippen LogP contribution in [0.15, 0.2) is 53.1 Å². The molecule has 3 rings (SSSR count). The summed E-state index contributed by atoms with van der Waals surface area (Å²) in [5.74, 6) is 2.68. The van der Waals surface area contributed by atoms with Gasteiger partial charge in [0.1, 0.15) is 5.76 Å². The predicted molar refractivity (Wildman–Crippen MR) is 86.1 cm³/mol. The molecule has 1 saturated carbocycles. The van der Waals surface area contributed by atoms with Crippen LogP contribution in [0.1, 0.15) is 50.0 Å². The Morgan fingerprint density at radius 3 is 2.71 bits per heavy atom. The number of nitrogens with one attached hydrogen (secondary N) is 1. The third-order valence-corrected chi connectivity index (χ3v) is 4.62. The number of furan rings is 1. The quantitative estimate of drug-likeness (QED) is 0.854. The van der Waals surface area contributed by atoms with Gasteiger partial charge in [-0.05, 0) is 48.9 Å². The second-order valence-corrected chi connectivity index (χ2v) is 6.41. The van der Waals surface area contributed by atoms with Crippen molar-refractivity contribution in [3.8, 4) is 0 Å². The number of rotatable bonds is 5. The Morgan fingerprint density at radius 2 is 2.00 bits per heavy atom. The molecule has 0 aliphatic heterocycles. The van der Waals surface area contributed by atoms with Gasteiger partial charge in [0.2, 0.25) is 0 Å². The van der Waals surface area contributed by atoms with Crippen LogP contribution in [0.3, 0.4) is 0 Å². The van der Waals surface area contributed by atoms with Crippen LogP contribution in [-0.2, 0) is 0 Å². The zero-order valence-corrected chi connectivity index (χ0v) is 12.8. The highest BCUT2D eigenvalue weighted by Crippen LogP contribution is 2.29. The minimum absolute atomic E-state index is 0.165. The Labute approximate surface area is 127 Å². The lowest BCUT2D eigenvalue weighted by Crippen LogP contribution is -2.30. The molecule has 1 aromatic carbocycles. The van der Waals surface area contributed by atoms with Crippen LogP contribution in [0.5, 0.6) is 0 Å². The maximum Gasteiger partial charge on any atom is 0.125 e. The predicted octanol–water partition coefficient (Wildman–Crippen LogP) is 4.78. The molecule has 1 aromatic heterocycles. The summed E-state index contributed by atoms with van der Waals surface area (Å²) in [4.78, 5) is 0. The molecule has 2 aromatic rings. The molecule has 0 amide bonds. The lowest BCUT2D eigenvalue weighted by molar-refractivity contribution is 0.267. The van der Waals surface area contributed by atoms with Crippen molar-refractivity contribution in [3.05, 3.63) is 60.1 Å². The average Bonchev–Trinajstić information content (AvgIpc) is 3.03. The van der Waals surface area contributed by atoms with Crippen molar-refractivity contribution in [2.45, 2.75) is 38.6 Å². The van der Waals surface area contributed by atoms with Crippen LogP contribution >= 0.6 is 0 Å². The SMILES string of the molecule is CC1CCCC(CNC(c2ccccc2)c2ccco2)C1. The normalized spacial score (nSPS) is 23.9. The first-order valence-corrected chi connectivity index (χ1v) is 8.14. The highest BCUT2D eigenvalue weighted by Gasteiger charge is 2.22. The van der Waals surface area contributed by atoms with Crippen molar-refractivity contribution in [1.82, 2.24) is 5.32 Å². The van der Waals surface area contributed by atoms with Crippen molar-refractivity contribution < 1.29 is 4.42 Å². The Balaban J connectivity index is 1.68. The van der Waals surface area contributed by atoms with E-state index in [-0.39, 0.29) is 6.04 Å². The highest BCUT2D eigenvalue weighted by molar-refractivity contribution is 5.26. The van der Waals surface area contributed by atoms with Gasteiger partial charge in [-0.1, -0.05) is 50.1 Å². The molecule has 3 unspecified atom stereocenters. The monoisotopic (exact) mass is 283 g/mol. The summed E-state index contributed by atoms with van der Waals surface area (Å²) in [6.45, 7) is 3.46. The maximum atomic E-state index is 5.65. The van der Waals surface area contributed by atoms with Crippen molar-refractivity contribution >= 4 is 0 Å². The standard InChI is InChI=1S/C19H25NO/c1-15-7-5-8-16(13-15)14-20-19(18-11-6-12-21-18)17-9-3-2-4-10-17/h2-4,6,9-12,15-16,19-20H,5,7-8,13-14H2,1H3. The lowest BCUT2D eigenvalue weighted by atomic mass is 9.82. The van der Waals surface area contributed by atoms with Crippen LogP contribution in [0.25, 0.3) is 0 Å². The molecule has 0 bridgehead atoms. The molecular formula is C19H25NO. The average molecular weight is 283 g/mol. The van der Waals surface area contributed by atoms with Gasteiger partial charge in [-0.3, -0.25) is 0 Å². The smallest absolute Gasteiger partial charge is 0.125 e. The summed E-state index contributed by atoms with van der Waals surface area (Å²) in [6.07, 6.45) is 7.25. The molecule has 1 fully saturated rings. The highest BCUT2D eigenvalue weighted by atomic mass is 16.3. The molecule has 1 heterocycles. The van der Waals surface area contributed by atoms with E-state index in [0.717, 1.165) is 24.1 Å². The largest absolute Gasteiger partial charge is 0.467 e. The Hall–Kier alpha value is -1.54. The second kappa shape index (κ2) is 6.95. The fourth-order valence-electron chi connectivity index (χ4n) is 3.51. The minimum atomic E-state index is 0.165. The molecule has 2 nitrogen and oxygen atoms in total. The van der Waals surface area contributed by atoms with Crippen molar-refractivity contribution in [3.63, 3.8) is 0 Å². The molecule has 112 valence electrons. The molecule has 1 aliphatic rings. The number of benzene rings is 1. The molecule has 21 heavy (non-hydrogen) atoms. The molecule has 0 saturated heterocycles. The third kappa shape index (κ3) is 3.76. The van der Waals surface area contributed by atoms with E-state index in [1.54, 1.807) is 6.26 Å². The zero-order valence-electron chi connectivity index (χ0n) is 12.8. The summed E-state index contributed by atoms with van der Waals surface area (Å²) in [5.41, 5.74) is 1.27. The van der Waals surface area contributed by atoms with Gasteiger partial charge in [0.15, 0.2) is 0 Å². The van der Waals surface area contributed by atoms with Crippen molar-refractivity contribution in [2.24, 2.45) is 11.8 Å². The molecule has 1 N–H and O–H groups in total. The molecule has 1 aliphatic carbocycles. The van der Waals surface area contributed by atoms with Crippen LogP contribution < -0.4 is 5.32 Å². The summed E-state index contributed by atoms with van der Waals surface area (Å²) in [6, 6.07) is 14.8. The van der Waals surface area contributed by atoms with E-state index >= 15 is 0 Å². The topological polar surface area (TPSA) is 25.2 Å². The van der Waals surface area contributed by atoms with Gasteiger partial charge in [0.25, 0.3) is 0 Å². The van der Waals surface area contributed by atoms with E-state index in [1.165, 1.54) is 31.2 Å². The van der Waals surface area contributed by atoms with Crippen LogP contribution in [-0.4, -0.2) is 6.54 Å². The zero-order chi connectivity index (χ0) is 14.5. The first-order chi connectivity index (χ1) is 10.3. The van der Waals surface area contributed by atoms with E-state index in [4.69, 9.17) is 4.42 Å². The third-order valence-electron chi connectivity index (χ3n) is 4.62. The molecule has 0 spiro atoms. The first-order valence-electron chi connectivity index (χ1n) is 8.14. The van der Waals surface area contributed by atoms with E-state index in [1.807, 2.05) is 6.07 Å². The van der Waals surface area contributed by atoms with Gasteiger partial charge in [-0.15, -0.1) is 0 Å². The van der Waals surface area contributed by atoms with Crippen LogP contribution in [0, 0.1) is 11.8 Å². The van der Waals surface area contributed by atoms with Crippen LogP contribution in [0.2, 0.25) is 0 Å². The molecule has 3 atom stereocenters. The fraction of sp³-hybridized carbons (Fsp3) is 0.474. The van der Waals surface area contributed by atoms with E-state index < -0.39 is 0 Å². The summed E-state index contributed by atoms with van der Waals surface area (Å²) >= 11 is 0. The Kier molecular flexibility index (Phi) is 4.76. The fourth-order valence-corrected chi connectivity index (χ4v) is 3.51. The maximum absolute atomic E-state index is 5.65. The van der Waals surface area contributed by atoms with E-state index in [2.05, 4.69) is 48.6 Å². The van der Waals surface area contributed by atoms with E-state index in [9.17, 15) is 0 Å². The van der Waals surface area contributed by atoms with Gasteiger partial charge in [0, 0.05) is 0 Å². The van der Waals surface area contributed by atoms with Crippen molar-refractivity contribution in [2.75, 3.05) is 6.54 Å². The second-order valence-electron chi connectivity index (χ2n) is 6.41. The van der Waals surface area contributed by atoms with Gasteiger partial charge >= 0.3 is 0 Å². The van der Waals surface area contributed by atoms with Crippen molar-refractivity contribution in [1.29, 1.82) is 0 Å². The lowest BCUT2D eigenvalue weighted by Gasteiger charge is -2.28. The molecular weight excluding hydrogens is 258 g/mol.